The van der Waals surface area contributed by atoms with E-state index in [1.807, 2.05) is 105 Å². The molecule has 0 bridgehead atoms. The first-order valence-corrected chi connectivity index (χ1v) is 27.9. The van der Waals surface area contributed by atoms with Crippen LogP contribution in [0.25, 0.3) is 142 Å². The average molecular weight is 1100 g/mol. The van der Waals surface area contributed by atoms with E-state index >= 15 is 0 Å². The van der Waals surface area contributed by atoms with Crippen molar-refractivity contribution in [2.75, 3.05) is 0 Å². The second-order valence-corrected chi connectivity index (χ2v) is 20.6. The van der Waals surface area contributed by atoms with Crippen LogP contribution < -0.4 is 5.46 Å². The molecule has 2 N–H and O–H groups in total. The lowest BCUT2D eigenvalue weighted by atomic mass is 9.72. The van der Waals surface area contributed by atoms with Crippen LogP contribution in [0.1, 0.15) is 13.8 Å². The van der Waals surface area contributed by atoms with Crippen molar-refractivity contribution in [3.8, 4) is 33.4 Å². The Kier molecular flexibility index (Phi) is 13.5. The van der Waals surface area contributed by atoms with Crippen molar-refractivity contribution in [2.24, 2.45) is 0 Å². The van der Waals surface area contributed by atoms with E-state index in [0.29, 0.717) is 5.46 Å². The predicted octanol–water partition coefficient (Wildman–Crippen LogP) is 20.2. The molecule has 14 aromatic carbocycles. The zero-order chi connectivity index (χ0) is 54.3. The molecule has 382 valence electrons. The standard InChI is InChI=1S/C36H22O.C20H15BO2.C16H9BrO.C2H6/c1-2-11-24(12-3-1)34-27-14-6-8-16-29(27)35(30-17-9-7-15-28(30)34)25-19-21-33-32(22-25)31-20-18-23-10-4-5-13-26(23)36(31)37-33;22-21(23)20-17-12-6-4-10-15(17)19(14-8-2-1-3-9-14)16-11-5-7-13-18(16)20;17-11-6-8-15-14(9-11)13-7-5-10-3-1-2-4-12(10)16(13)18-15;1-2/h1-22H;1-13,22-23H;1-9H;1-2H3. The van der Waals surface area contributed by atoms with E-state index in [9.17, 15) is 10.0 Å². The Morgan fingerprint density at radius 1 is 0.287 bits per heavy atom. The molecule has 6 heteroatoms. The van der Waals surface area contributed by atoms with Gasteiger partial charge in [0.25, 0.3) is 0 Å². The Morgan fingerprint density at radius 2 is 0.625 bits per heavy atom. The van der Waals surface area contributed by atoms with E-state index in [-0.39, 0.29) is 0 Å². The summed E-state index contributed by atoms with van der Waals surface area (Å²) >= 11 is 3.51. The van der Waals surface area contributed by atoms with Gasteiger partial charge in [-0.25, -0.2) is 0 Å². The molecule has 0 saturated carbocycles. The minimum atomic E-state index is -1.50. The first-order valence-electron chi connectivity index (χ1n) is 27.1. The third-order valence-corrected chi connectivity index (χ3v) is 15.8. The zero-order valence-corrected chi connectivity index (χ0v) is 45.7. The van der Waals surface area contributed by atoms with E-state index in [4.69, 9.17) is 8.83 Å². The average Bonchev–Trinajstić information content (AvgIpc) is 4.14. The number of hydrogen-bond acceptors (Lipinski definition) is 4. The summed E-state index contributed by atoms with van der Waals surface area (Å²) in [7, 11) is -1.50. The molecule has 0 aliphatic rings. The molecule has 0 unspecified atom stereocenters. The fourth-order valence-corrected chi connectivity index (χ4v) is 12.2. The molecule has 0 radical (unpaired) electrons. The highest BCUT2D eigenvalue weighted by atomic mass is 79.9. The maximum Gasteiger partial charge on any atom is 0.489 e. The van der Waals surface area contributed by atoms with Crippen LogP contribution in [0.5, 0.6) is 0 Å². The summed E-state index contributed by atoms with van der Waals surface area (Å²) in [5.74, 6) is 0. The molecule has 0 saturated heterocycles. The smallest absolute Gasteiger partial charge is 0.455 e. The largest absolute Gasteiger partial charge is 0.489 e. The lowest BCUT2D eigenvalue weighted by Crippen LogP contribution is -2.31. The highest BCUT2D eigenvalue weighted by Crippen LogP contribution is 2.45. The third kappa shape index (κ3) is 8.84. The molecule has 2 aromatic heterocycles. The van der Waals surface area contributed by atoms with Gasteiger partial charge in [0.2, 0.25) is 0 Å². The van der Waals surface area contributed by atoms with Crippen LogP contribution in [-0.4, -0.2) is 17.2 Å². The molecule has 2 heterocycles. The Morgan fingerprint density at radius 3 is 1.05 bits per heavy atom. The van der Waals surface area contributed by atoms with Crippen molar-refractivity contribution in [3.63, 3.8) is 0 Å². The van der Waals surface area contributed by atoms with Crippen molar-refractivity contribution < 1.29 is 18.9 Å². The minimum absolute atomic E-state index is 0.566. The quantitative estimate of drug-likeness (QED) is 0.136. The fourth-order valence-electron chi connectivity index (χ4n) is 11.8. The fraction of sp³-hybridized carbons (Fsp3) is 0.0270. The van der Waals surface area contributed by atoms with E-state index in [1.165, 1.54) is 65.3 Å². The van der Waals surface area contributed by atoms with Gasteiger partial charge in [0.1, 0.15) is 22.3 Å². The summed E-state index contributed by atoms with van der Waals surface area (Å²) in [6.45, 7) is 4.00. The second kappa shape index (κ2) is 21.5. The molecule has 80 heavy (non-hydrogen) atoms. The van der Waals surface area contributed by atoms with Gasteiger partial charge < -0.3 is 18.9 Å². The van der Waals surface area contributed by atoms with Gasteiger partial charge in [0, 0.05) is 36.8 Å². The van der Waals surface area contributed by atoms with Gasteiger partial charge in [-0.05, 0) is 135 Å². The topological polar surface area (TPSA) is 66.7 Å². The lowest BCUT2D eigenvalue weighted by molar-refractivity contribution is 0.426. The van der Waals surface area contributed by atoms with Gasteiger partial charge in [0.15, 0.2) is 0 Å². The normalized spacial score (nSPS) is 11.3. The molecule has 16 aromatic rings. The monoisotopic (exact) mass is 1090 g/mol. The SMILES string of the molecule is Brc1ccc2oc3c4ccccc4ccc3c2c1.CC.OB(O)c1c2ccccc2c(-c2ccccc2)c2ccccc12.c1ccc(-c2c3ccccc3c(-c3ccc4oc5c6ccccc6ccc5c4c3)c3ccccc23)cc1. The first-order chi connectivity index (χ1) is 39.5. The van der Waals surface area contributed by atoms with Gasteiger partial charge in [-0.15, -0.1) is 0 Å². The van der Waals surface area contributed by atoms with Crippen molar-refractivity contribution in [1.29, 1.82) is 0 Å². The van der Waals surface area contributed by atoms with Crippen LogP contribution in [0.3, 0.4) is 0 Å². The van der Waals surface area contributed by atoms with Gasteiger partial charge in [-0.3, -0.25) is 0 Å². The molecule has 0 aliphatic heterocycles. The van der Waals surface area contributed by atoms with Gasteiger partial charge >= 0.3 is 7.12 Å². The summed E-state index contributed by atoms with van der Waals surface area (Å²) in [4.78, 5) is 0. The summed E-state index contributed by atoms with van der Waals surface area (Å²) < 4.78 is 13.5. The maximum absolute atomic E-state index is 9.94. The van der Waals surface area contributed by atoms with Crippen molar-refractivity contribution in [3.05, 3.63) is 271 Å². The second-order valence-electron chi connectivity index (χ2n) is 19.7. The van der Waals surface area contributed by atoms with E-state index in [0.717, 1.165) is 81.0 Å². The number of benzene rings is 14. The summed E-state index contributed by atoms with van der Waals surface area (Å²) in [5, 5.41) is 38.1. The van der Waals surface area contributed by atoms with Crippen LogP contribution in [0.15, 0.2) is 280 Å². The number of furan rings is 2. The highest BCUT2D eigenvalue weighted by molar-refractivity contribution is 9.10. The lowest BCUT2D eigenvalue weighted by Gasteiger charge is -2.17. The number of fused-ring (bicyclic) bond motifs is 14. The zero-order valence-electron chi connectivity index (χ0n) is 44.1. The van der Waals surface area contributed by atoms with Crippen molar-refractivity contribution in [2.45, 2.75) is 13.8 Å². The Hall–Kier alpha value is -9.30. The first kappa shape index (κ1) is 50.2. The number of rotatable bonds is 4. The van der Waals surface area contributed by atoms with Crippen molar-refractivity contribution >= 4 is 137 Å². The van der Waals surface area contributed by atoms with Crippen LogP contribution >= 0.6 is 15.9 Å². The molecule has 0 amide bonds. The third-order valence-electron chi connectivity index (χ3n) is 15.3. The van der Waals surface area contributed by atoms with E-state index < -0.39 is 7.12 Å². The van der Waals surface area contributed by atoms with Crippen LogP contribution in [0.2, 0.25) is 0 Å². The molecule has 16 rings (SSSR count). The van der Waals surface area contributed by atoms with Crippen molar-refractivity contribution in [1.82, 2.24) is 0 Å². The van der Waals surface area contributed by atoms with E-state index in [1.54, 1.807) is 0 Å². The summed E-state index contributed by atoms with van der Waals surface area (Å²) in [6, 6.07) is 92.5. The van der Waals surface area contributed by atoms with Crippen LogP contribution in [0, 0.1) is 0 Å². The van der Waals surface area contributed by atoms with Gasteiger partial charge in [0.05, 0.1) is 0 Å². The molecule has 0 spiro atoms. The van der Waals surface area contributed by atoms with Crippen LogP contribution in [-0.2, 0) is 0 Å². The van der Waals surface area contributed by atoms with Gasteiger partial charge in [-0.1, -0.05) is 254 Å². The van der Waals surface area contributed by atoms with Crippen LogP contribution in [0.4, 0.5) is 0 Å². The minimum Gasteiger partial charge on any atom is -0.455 e. The van der Waals surface area contributed by atoms with Gasteiger partial charge in [-0.2, -0.15) is 0 Å². The predicted molar refractivity (Wildman–Crippen MR) is 344 cm³/mol. The highest BCUT2D eigenvalue weighted by Gasteiger charge is 2.23. The molecule has 0 fully saturated rings. The molecule has 0 atom stereocenters. The molecule has 0 aliphatic carbocycles. The summed E-state index contributed by atoms with van der Waals surface area (Å²) in [5.41, 5.74) is 11.6. The Bertz CT molecular complexity index is 4850. The maximum atomic E-state index is 9.94. The number of hydrogen-bond donors (Lipinski definition) is 2. The Labute approximate surface area is 471 Å². The number of halogens is 1. The Balaban J connectivity index is 0.000000120. The molecular formula is C74H52BBrO4. The molecular weight excluding hydrogens is 1040 g/mol. The van der Waals surface area contributed by atoms with E-state index in [2.05, 4.69) is 192 Å². The summed E-state index contributed by atoms with van der Waals surface area (Å²) in [6.07, 6.45) is 0. The molecule has 4 nitrogen and oxygen atoms in total.